The van der Waals surface area contributed by atoms with Crippen LogP contribution in [0.4, 0.5) is 0 Å². The van der Waals surface area contributed by atoms with Crippen molar-refractivity contribution in [2.75, 3.05) is 0 Å². The Morgan fingerprint density at radius 3 is 2.33 bits per heavy atom. The lowest BCUT2D eigenvalue weighted by molar-refractivity contribution is -0.116. The van der Waals surface area contributed by atoms with E-state index in [0.717, 1.165) is 5.56 Å². The third-order valence-corrected chi connectivity index (χ3v) is 1.66. The van der Waals surface area contributed by atoms with Gasteiger partial charge in [-0.25, -0.2) is 0 Å². The number of aliphatic imine (C=N–C) groups is 1. The summed E-state index contributed by atoms with van der Waals surface area (Å²) in [7, 11) is 0. The van der Waals surface area contributed by atoms with Gasteiger partial charge in [0.2, 0.25) is 5.91 Å². The van der Waals surface area contributed by atoms with Crippen LogP contribution in [0.25, 0.3) is 0 Å². The lowest BCUT2D eigenvalue weighted by atomic mass is 10.2. The van der Waals surface area contributed by atoms with Gasteiger partial charge < -0.3 is 11.5 Å². The number of rotatable bonds is 4. The number of nitrogens with zero attached hydrogens (tertiary/aromatic N) is 1. The quantitative estimate of drug-likeness (QED) is 0.590. The summed E-state index contributed by atoms with van der Waals surface area (Å²) in [4.78, 5) is 14.5. The molecule has 82 valence electrons. The first-order chi connectivity index (χ1) is 6.68. The zero-order chi connectivity index (χ0) is 10.4. The average Bonchev–Trinajstić information content (AvgIpc) is 2.15. The minimum absolute atomic E-state index is 0. The fourth-order valence-electron chi connectivity index (χ4n) is 1.01. The molecule has 0 saturated carbocycles. The lowest BCUT2D eigenvalue weighted by Gasteiger charge is -1.98. The van der Waals surface area contributed by atoms with Crippen LogP contribution in [-0.4, -0.2) is 11.7 Å². The molecule has 1 amide bonds. The monoisotopic (exact) mass is 227 g/mol. The summed E-state index contributed by atoms with van der Waals surface area (Å²) in [5.41, 5.74) is 11.5. The number of carbonyl (C=O) groups is 1. The zero-order valence-electron chi connectivity index (χ0n) is 8.22. The van der Waals surface area contributed by atoms with Gasteiger partial charge in [-0.3, -0.25) is 9.79 Å². The smallest absolute Gasteiger partial charge is 0.224 e. The predicted molar refractivity (Wildman–Crippen MR) is 62.8 cm³/mol. The number of hydrogen-bond donors (Lipinski definition) is 2. The van der Waals surface area contributed by atoms with Crippen LogP contribution < -0.4 is 11.5 Å². The Morgan fingerprint density at radius 1 is 1.20 bits per heavy atom. The van der Waals surface area contributed by atoms with Gasteiger partial charge in [-0.2, -0.15) is 0 Å². The van der Waals surface area contributed by atoms with E-state index in [9.17, 15) is 4.79 Å². The number of carbonyl (C=O) groups excluding carboxylic acids is 1. The van der Waals surface area contributed by atoms with Crippen molar-refractivity contribution in [1.29, 1.82) is 0 Å². The van der Waals surface area contributed by atoms with Crippen molar-refractivity contribution >= 4 is 24.1 Å². The molecule has 0 atom stereocenters. The number of hydrogen-bond acceptors (Lipinski definition) is 2. The third kappa shape index (κ3) is 5.70. The molecule has 0 bridgehead atoms. The van der Waals surface area contributed by atoms with E-state index < -0.39 is 5.91 Å². The topological polar surface area (TPSA) is 81.5 Å². The summed E-state index contributed by atoms with van der Waals surface area (Å²) in [5.74, 6) is -0.180. The number of halogens is 1. The van der Waals surface area contributed by atoms with Crippen molar-refractivity contribution in [2.45, 2.75) is 13.0 Å². The highest BCUT2D eigenvalue weighted by molar-refractivity contribution is 5.98. The van der Waals surface area contributed by atoms with Crippen molar-refractivity contribution in [3.63, 3.8) is 0 Å². The number of primary amides is 1. The Balaban J connectivity index is 0.00000196. The van der Waals surface area contributed by atoms with E-state index >= 15 is 0 Å². The van der Waals surface area contributed by atoms with E-state index in [1.165, 1.54) is 0 Å². The van der Waals surface area contributed by atoms with Gasteiger partial charge in [0.15, 0.2) is 0 Å². The van der Waals surface area contributed by atoms with E-state index in [0.29, 0.717) is 6.54 Å². The van der Waals surface area contributed by atoms with Gasteiger partial charge in [-0.15, -0.1) is 12.4 Å². The number of nitrogens with two attached hydrogens (primary N) is 2. The number of amidine groups is 1. The first-order valence-electron chi connectivity index (χ1n) is 4.29. The molecular weight excluding hydrogens is 214 g/mol. The van der Waals surface area contributed by atoms with Crippen molar-refractivity contribution in [2.24, 2.45) is 16.5 Å². The van der Waals surface area contributed by atoms with Crippen LogP contribution in [0.3, 0.4) is 0 Å². The molecular formula is C10H14ClN3O. The fraction of sp³-hybridized carbons (Fsp3) is 0.200. The summed E-state index contributed by atoms with van der Waals surface area (Å²) in [5, 5.41) is 0. The minimum Gasteiger partial charge on any atom is -0.387 e. The largest absolute Gasteiger partial charge is 0.387 e. The van der Waals surface area contributed by atoms with Crippen LogP contribution in [0.2, 0.25) is 0 Å². The molecule has 0 saturated heterocycles. The van der Waals surface area contributed by atoms with Gasteiger partial charge in [0, 0.05) is 0 Å². The standard InChI is InChI=1S/C10H13N3O.ClH/c11-9(6-10(12)14)13-7-8-4-2-1-3-5-8;/h1-5H,6-7H2,(H2,11,13)(H2,12,14);1H. The molecule has 0 unspecified atom stereocenters. The second-order valence-electron chi connectivity index (χ2n) is 2.94. The lowest BCUT2D eigenvalue weighted by Crippen LogP contribution is -2.22. The van der Waals surface area contributed by atoms with Crippen molar-refractivity contribution in [3.8, 4) is 0 Å². The maximum absolute atomic E-state index is 10.5. The average molecular weight is 228 g/mol. The van der Waals surface area contributed by atoms with Crippen molar-refractivity contribution in [1.82, 2.24) is 0 Å². The first-order valence-corrected chi connectivity index (χ1v) is 4.29. The van der Waals surface area contributed by atoms with Gasteiger partial charge in [0.1, 0.15) is 5.84 Å². The summed E-state index contributed by atoms with van der Waals surface area (Å²) in [6.45, 7) is 0.486. The van der Waals surface area contributed by atoms with Crippen LogP contribution in [-0.2, 0) is 11.3 Å². The number of benzene rings is 1. The van der Waals surface area contributed by atoms with E-state index in [2.05, 4.69) is 4.99 Å². The van der Waals surface area contributed by atoms with Crippen LogP contribution in [0, 0.1) is 0 Å². The molecule has 1 aromatic carbocycles. The molecule has 0 aromatic heterocycles. The van der Waals surface area contributed by atoms with E-state index in [1.54, 1.807) is 0 Å². The second-order valence-corrected chi connectivity index (χ2v) is 2.94. The Kier molecular flexibility index (Phi) is 6.13. The molecule has 0 fully saturated rings. The molecule has 5 heteroatoms. The summed E-state index contributed by atoms with van der Waals surface area (Å²) >= 11 is 0. The molecule has 0 heterocycles. The van der Waals surface area contributed by atoms with Crippen LogP contribution >= 0.6 is 12.4 Å². The molecule has 4 nitrogen and oxygen atoms in total. The zero-order valence-corrected chi connectivity index (χ0v) is 9.04. The predicted octanol–water partition coefficient (Wildman–Crippen LogP) is 0.841. The Morgan fingerprint density at radius 2 is 1.80 bits per heavy atom. The molecule has 4 N–H and O–H groups in total. The highest BCUT2D eigenvalue weighted by Crippen LogP contribution is 2.00. The normalized spacial score (nSPS) is 10.5. The summed E-state index contributed by atoms with van der Waals surface area (Å²) < 4.78 is 0. The van der Waals surface area contributed by atoms with E-state index in [4.69, 9.17) is 11.5 Å². The molecule has 0 aliphatic carbocycles. The van der Waals surface area contributed by atoms with Gasteiger partial charge in [0.05, 0.1) is 13.0 Å². The SMILES string of the molecule is Cl.NC(=O)CC(N)=NCc1ccccc1. The molecule has 0 radical (unpaired) electrons. The molecule has 1 rings (SSSR count). The highest BCUT2D eigenvalue weighted by Gasteiger charge is 1.97. The second kappa shape index (κ2) is 6.84. The van der Waals surface area contributed by atoms with Gasteiger partial charge in [-0.05, 0) is 5.56 Å². The molecule has 0 spiro atoms. The highest BCUT2D eigenvalue weighted by atomic mass is 35.5. The first kappa shape index (κ1) is 13.4. The maximum atomic E-state index is 10.5. The van der Waals surface area contributed by atoms with Crippen molar-refractivity contribution < 1.29 is 4.79 Å². The Labute approximate surface area is 94.8 Å². The Hall–Kier alpha value is -1.55. The third-order valence-electron chi connectivity index (χ3n) is 1.66. The van der Waals surface area contributed by atoms with Gasteiger partial charge >= 0.3 is 0 Å². The Bertz CT molecular complexity index is 338. The van der Waals surface area contributed by atoms with Crippen molar-refractivity contribution in [3.05, 3.63) is 35.9 Å². The summed E-state index contributed by atoms with van der Waals surface area (Å²) in [6, 6.07) is 9.67. The fourth-order valence-corrected chi connectivity index (χ4v) is 1.01. The van der Waals surface area contributed by atoms with E-state index in [1.807, 2.05) is 30.3 Å². The molecule has 0 aliphatic rings. The van der Waals surface area contributed by atoms with Crippen LogP contribution in [0.1, 0.15) is 12.0 Å². The molecule has 0 aliphatic heterocycles. The molecule has 15 heavy (non-hydrogen) atoms. The van der Waals surface area contributed by atoms with Crippen LogP contribution in [0.15, 0.2) is 35.3 Å². The van der Waals surface area contributed by atoms with Crippen LogP contribution in [0.5, 0.6) is 0 Å². The van der Waals surface area contributed by atoms with Gasteiger partial charge in [0.25, 0.3) is 0 Å². The minimum atomic E-state index is -0.459. The van der Waals surface area contributed by atoms with Gasteiger partial charge in [-0.1, -0.05) is 30.3 Å². The summed E-state index contributed by atoms with van der Waals surface area (Å²) in [6.07, 6.45) is 0.0207. The molecule has 1 aromatic rings. The van der Waals surface area contributed by atoms with E-state index in [-0.39, 0.29) is 24.7 Å². The maximum Gasteiger partial charge on any atom is 0.224 e. The number of amides is 1.